The average molecular weight is 284 g/mol. The van der Waals surface area contributed by atoms with Gasteiger partial charge in [-0.05, 0) is 44.6 Å². The Hall–Kier alpha value is -1.82. The predicted octanol–water partition coefficient (Wildman–Crippen LogP) is 3.51. The normalized spacial score (nSPS) is 11.8. The Kier molecular flexibility index (Phi) is 4.44. The molecule has 0 spiro atoms. The van der Waals surface area contributed by atoms with Crippen molar-refractivity contribution in [2.75, 3.05) is 13.6 Å². The smallest absolute Gasteiger partial charge is 0.416 e. The summed E-state index contributed by atoms with van der Waals surface area (Å²) < 4.78 is 43.2. The summed E-state index contributed by atoms with van der Waals surface area (Å²) in [5, 5.41) is 3.02. The van der Waals surface area contributed by atoms with Crippen LogP contribution in [0.2, 0.25) is 0 Å². The lowest BCUT2D eigenvalue weighted by molar-refractivity contribution is -0.137. The zero-order valence-electron chi connectivity index (χ0n) is 11.0. The lowest BCUT2D eigenvalue weighted by Crippen LogP contribution is -2.08. The number of halogens is 3. The van der Waals surface area contributed by atoms with E-state index in [1.807, 2.05) is 7.05 Å². The lowest BCUT2D eigenvalue weighted by atomic mass is 10.1. The molecule has 2 aromatic rings. The van der Waals surface area contributed by atoms with Crippen LogP contribution in [0.5, 0.6) is 0 Å². The van der Waals surface area contributed by atoms with E-state index in [4.69, 9.17) is 4.42 Å². The third-order valence-electron chi connectivity index (χ3n) is 2.85. The van der Waals surface area contributed by atoms with Gasteiger partial charge in [-0.25, -0.2) is 4.98 Å². The van der Waals surface area contributed by atoms with Crippen LogP contribution >= 0.6 is 0 Å². The maximum Gasteiger partial charge on any atom is 0.416 e. The van der Waals surface area contributed by atoms with Gasteiger partial charge in [-0.2, -0.15) is 13.2 Å². The molecule has 20 heavy (non-hydrogen) atoms. The second kappa shape index (κ2) is 6.09. The van der Waals surface area contributed by atoms with Gasteiger partial charge in [-0.15, -0.1) is 0 Å². The second-order valence-corrected chi connectivity index (χ2v) is 4.43. The van der Waals surface area contributed by atoms with Gasteiger partial charge in [0.2, 0.25) is 5.89 Å². The number of aryl methyl sites for hydroxylation is 1. The number of oxazole rings is 1. The van der Waals surface area contributed by atoms with Crippen LogP contribution in [0.15, 0.2) is 34.9 Å². The van der Waals surface area contributed by atoms with Crippen molar-refractivity contribution in [3.63, 3.8) is 0 Å². The van der Waals surface area contributed by atoms with Crippen LogP contribution in [0.4, 0.5) is 13.2 Å². The number of aromatic nitrogens is 1. The van der Waals surface area contributed by atoms with Gasteiger partial charge in [0.05, 0.1) is 11.3 Å². The Bertz CT molecular complexity index is 564. The van der Waals surface area contributed by atoms with Crippen LogP contribution in [0.1, 0.15) is 17.7 Å². The van der Waals surface area contributed by atoms with E-state index in [0.29, 0.717) is 5.56 Å². The highest BCUT2D eigenvalue weighted by molar-refractivity contribution is 5.54. The minimum absolute atomic E-state index is 0.218. The zero-order valence-corrected chi connectivity index (χ0v) is 11.0. The number of hydrogen-bond donors (Lipinski definition) is 1. The van der Waals surface area contributed by atoms with E-state index in [0.717, 1.165) is 37.2 Å². The van der Waals surface area contributed by atoms with Crippen molar-refractivity contribution in [2.24, 2.45) is 0 Å². The molecule has 0 saturated heterocycles. The van der Waals surface area contributed by atoms with Crippen molar-refractivity contribution in [3.05, 3.63) is 41.8 Å². The molecule has 1 aromatic carbocycles. The Labute approximate surface area is 114 Å². The van der Waals surface area contributed by atoms with Crippen molar-refractivity contribution < 1.29 is 17.6 Å². The summed E-state index contributed by atoms with van der Waals surface area (Å²) >= 11 is 0. The van der Waals surface area contributed by atoms with Gasteiger partial charge >= 0.3 is 6.18 Å². The fraction of sp³-hybridized carbons (Fsp3) is 0.357. The maximum atomic E-state index is 12.6. The van der Waals surface area contributed by atoms with Crippen molar-refractivity contribution in [2.45, 2.75) is 19.0 Å². The van der Waals surface area contributed by atoms with Gasteiger partial charge in [0, 0.05) is 5.56 Å². The van der Waals surface area contributed by atoms with Crippen LogP contribution < -0.4 is 5.32 Å². The van der Waals surface area contributed by atoms with Crippen LogP contribution in [-0.2, 0) is 12.6 Å². The first-order valence-corrected chi connectivity index (χ1v) is 6.27. The van der Waals surface area contributed by atoms with E-state index in [1.165, 1.54) is 12.3 Å². The molecule has 0 atom stereocenters. The molecule has 0 aliphatic carbocycles. The Morgan fingerprint density at radius 2 is 2.10 bits per heavy atom. The van der Waals surface area contributed by atoms with E-state index < -0.39 is 11.7 Å². The minimum Gasteiger partial charge on any atom is -0.444 e. The summed E-state index contributed by atoms with van der Waals surface area (Å²) in [7, 11) is 1.86. The van der Waals surface area contributed by atoms with Crippen LogP contribution in [0.3, 0.4) is 0 Å². The molecule has 108 valence electrons. The van der Waals surface area contributed by atoms with E-state index in [2.05, 4.69) is 10.3 Å². The van der Waals surface area contributed by atoms with E-state index in [9.17, 15) is 13.2 Å². The molecule has 0 aliphatic rings. The molecule has 0 amide bonds. The van der Waals surface area contributed by atoms with E-state index in [-0.39, 0.29) is 5.89 Å². The van der Waals surface area contributed by atoms with Gasteiger partial charge in [0.1, 0.15) is 6.26 Å². The second-order valence-electron chi connectivity index (χ2n) is 4.43. The van der Waals surface area contributed by atoms with Crippen molar-refractivity contribution in [1.82, 2.24) is 10.3 Å². The molecule has 3 nitrogen and oxygen atoms in total. The van der Waals surface area contributed by atoms with Gasteiger partial charge in [0.25, 0.3) is 0 Å². The summed E-state index contributed by atoms with van der Waals surface area (Å²) in [4.78, 5) is 4.21. The molecule has 0 radical (unpaired) electrons. The number of rotatable bonds is 5. The molecule has 1 aromatic heterocycles. The molecule has 6 heteroatoms. The average Bonchev–Trinajstić information content (AvgIpc) is 2.87. The number of alkyl halides is 3. The lowest BCUT2D eigenvalue weighted by Gasteiger charge is -2.06. The fourth-order valence-corrected chi connectivity index (χ4v) is 1.83. The first kappa shape index (κ1) is 14.6. The minimum atomic E-state index is -4.36. The monoisotopic (exact) mass is 284 g/mol. The summed E-state index contributed by atoms with van der Waals surface area (Å²) in [6.45, 7) is 0.853. The molecule has 2 rings (SSSR count). The SMILES string of the molecule is CNCCCc1coc(-c2cccc(C(F)(F)F)c2)n1. The van der Waals surface area contributed by atoms with Crippen LogP contribution in [0, 0.1) is 0 Å². The third kappa shape index (κ3) is 3.60. The van der Waals surface area contributed by atoms with E-state index >= 15 is 0 Å². The first-order chi connectivity index (χ1) is 9.50. The highest BCUT2D eigenvalue weighted by atomic mass is 19.4. The van der Waals surface area contributed by atoms with Crippen LogP contribution in [-0.4, -0.2) is 18.6 Å². The van der Waals surface area contributed by atoms with Gasteiger partial charge in [-0.1, -0.05) is 6.07 Å². The van der Waals surface area contributed by atoms with Crippen molar-refractivity contribution in [3.8, 4) is 11.5 Å². The topological polar surface area (TPSA) is 38.1 Å². The summed E-state index contributed by atoms with van der Waals surface area (Å²) in [6.07, 6.45) is -1.25. The highest BCUT2D eigenvalue weighted by Crippen LogP contribution is 2.31. The first-order valence-electron chi connectivity index (χ1n) is 6.27. The molecule has 1 N–H and O–H groups in total. The molecular formula is C14H15F3N2O. The molecule has 0 unspecified atom stereocenters. The third-order valence-corrected chi connectivity index (χ3v) is 2.85. The molecule has 0 saturated carbocycles. The number of hydrogen-bond acceptors (Lipinski definition) is 3. The fourth-order valence-electron chi connectivity index (χ4n) is 1.83. The number of benzene rings is 1. The van der Waals surface area contributed by atoms with Crippen molar-refractivity contribution in [1.29, 1.82) is 0 Å². The maximum absolute atomic E-state index is 12.6. The summed E-state index contributed by atoms with van der Waals surface area (Å²) in [5.74, 6) is 0.218. The molecule has 1 heterocycles. The van der Waals surface area contributed by atoms with E-state index in [1.54, 1.807) is 6.07 Å². The zero-order chi connectivity index (χ0) is 14.6. The van der Waals surface area contributed by atoms with Gasteiger partial charge in [-0.3, -0.25) is 0 Å². The predicted molar refractivity (Wildman–Crippen MR) is 69.2 cm³/mol. The molecule has 0 fully saturated rings. The largest absolute Gasteiger partial charge is 0.444 e. The highest BCUT2D eigenvalue weighted by Gasteiger charge is 2.30. The number of nitrogens with zero attached hydrogens (tertiary/aromatic N) is 1. The Balaban J connectivity index is 2.16. The standard InChI is InChI=1S/C14H15F3N2O/c1-18-7-3-6-12-9-20-13(19-12)10-4-2-5-11(8-10)14(15,16)17/h2,4-5,8-9,18H,3,6-7H2,1H3. The number of nitrogens with one attached hydrogen (secondary N) is 1. The van der Waals surface area contributed by atoms with Crippen molar-refractivity contribution >= 4 is 0 Å². The molecule has 0 bridgehead atoms. The summed E-state index contributed by atoms with van der Waals surface area (Å²) in [5.41, 5.74) is 0.372. The Morgan fingerprint density at radius 3 is 2.80 bits per heavy atom. The summed E-state index contributed by atoms with van der Waals surface area (Å²) in [6, 6.07) is 4.98. The van der Waals surface area contributed by atoms with Gasteiger partial charge < -0.3 is 9.73 Å². The Morgan fingerprint density at radius 1 is 1.30 bits per heavy atom. The molecule has 0 aliphatic heterocycles. The molecular weight excluding hydrogens is 269 g/mol. The van der Waals surface area contributed by atoms with Crippen LogP contribution in [0.25, 0.3) is 11.5 Å². The van der Waals surface area contributed by atoms with Gasteiger partial charge in [0.15, 0.2) is 0 Å². The quantitative estimate of drug-likeness (QED) is 0.854.